The molecule has 1 aliphatic rings. The summed E-state index contributed by atoms with van der Waals surface area (Å²) in [6.45, 7) is 7.28. The highest BCUT2D eigenvalue weighted by Crippen LogP contribution is 2.38. The van der Waals surface area contributed by atoms with Gasteiger partial charge in [-0.25, -0.2) is 0 Å². The highest BCUT2D eigenvalue weighted by atomic mass is 35.5. The van der Waals surface area contributed by atoms with Crippen molar-refractivity contribution in [3.63, 3.8) is 0 Å². The van der Waals surface area contributed by atoms with Gasteiger partial charge >= 0.3 is 0 Å². The lowest BCUT2D eigenvalue weighted by Crippen LogP contribution is -2.44. The number of carbonyl (C=O) groups is 1. The second-order valence-corrected chi connectivity index (χ2v) is 7.37. The minimum Gasteiger partial charge on any atom is -0.352 e. The molecule has 1 saturated carbocycles. The van der Waals surface area contributed by atoms with Gasteiger partial charge < -0.3 is 20.1 Å². The first-order valence-electron chi connectivity index (χ1n) is 8.85. The molecule has 0 aromatic carbocycles. The van der Waals surface area contributed by atoms with Gasteiger partial charge in [-0.2, -0.15) is 4.98 Å². The topological polar surface area (TPSA) is 116 Å². The zero-order valence-electron chi connectivity index (χ0n) is 16.0. The van der Waals surface area contributed by atoms with E-state index in [0.29, 0.717) is 23.0 Å². The molecule has 9 heteroatoms. The Labute approximate surface area is 163 Å². The molecule has 0 spiro atoms. The average molecular weight is 396 g/mol. The number of carbonyl (C=O) groups excluding carboxylic acids is 1. The predicted octanol–water partition coefficient (Wildman–Crippen LogP) is 1.80. The summed E-state index contributed by atoms with van der Waals surface area (Å²) in [6, 6.07) is 1.49. The van der Waals surface area contributed by atoms with Gasteiger partial charge in [-0.15, -0.1) is 12.4 Å². The van der Waals surface area contributed by atoms with E-state index in [4.69, 9.17) is 10.3 Å². The van der Waals surface area contributed by atoms with Crippen LogP contribution in [0.15, 0.2) is 15.4 Å². The average Bonchev–Trinajstić information content (AvgIpc) is 2.98. The van der Waals surface area contributed by atoms with E-state index in [1.807, 2.05) is 20.8 Å². The first kappa shape index (κ1) is 21.1. The third-order valence-electron chi connectivity index (χ3n) is 4.85. The molecule has 8 nitrogen and oxygen atoms in total. The van der Waals surface area contributed by atoms with E-state index in [1.54, 1.807) is 6.92 Å². The molecule has 0 radical (unpaired) electrons. The van der Waals surface area contributed by atoms with Crippen molar-refractivity contribution in [2.45, 2.75) is 65.1 Å². The van der Waals surface area contributed by atoms with Gasteiger partial charge in [0, 0.05) is 17.8 Å². The van der Waals surface area contributed by atoms with Crippen LogP contribution in [-0.4, -0.2) is 26.7 Å². The third-order valence-corrected chi connectivity index (χ3v) is 4.85. The Balaban J connectivity index is 0.00000261. The van der Waals surface area contributed by atoms with Gasteiger partial charge in [-0.3, -0.25) is 9.59 Å². The Kier molecular flexibility index (Phi) is 6.11. The summed E-state index contributed by atoms with van der Waals surface area (Å²) in [4.78, 5) is 29.0. The van der Waals surface area contributed by atoms with E-state index < -0.39 is 5.54 Å². The molecular weight excluding hydrogens is 370 g/mol. The van der Waals surface area contributed by atoms with E-state index in [0.717, 1.165) is 24.8 Å². The fourth-order valence-corrected chi connectivity index (χ4v) is 3.26. The lowest BCUT2D eigenvalue weighted by atomic mass is 9.77. The first-order chi connectivity index (χ1) is 12.2. The normalized spacial score (nSPS) is 15.2. The quantitative estimate of drug-likeness (QED) is 0.797. The minimum absolute atomic E-state index is 0. The van der Waals surface area contributed by atoms with Crippen molar-refractivity contribution in [3.05, 3.63) is 33.5 Å². The number of hydrogen-bond acceptors (Lipinski definition) is 6. The smallest absolute Gasteiger partial charge is 0.260 e. The van der Waals surface area contributed by atoms with Gasteiger partial charge in [0.05, 0.1) is 11.1 Å². The molecule has 1 amide bonds. The van der Waals surface area contributed by atoms with Crippen LogP contribution in [0.3, 0.4) is 0 Å². The summed E-state index contributed by atoms with van der Waals surface area (Å²) in [5.41, 5.74) is 7.52. The van der Waals surface area contributed by atoms with Gasteiger partial charge in [0.2, 0.25) is 5.91 Å². The van der Waals surface area contributed by atoms with Crippen LogP contribution in [0, 0.1) is 13.8 Å². The van der Waals surface area contributed by atoms with Crippen LogP contribution in [0.25, 0.3) is 11.5 Å². The largest absolute Gasteiger partial charge is 0.352 e. The van der Waals surface area contributed by atoms with Gasteiger partial charge in [-0.1, -0.05) is 5.16 Å². The number of halogens is 1. The summed E-state index contributed by atoms with van der Waals surface area (Å²) >= 11 is 0. The third kappa shape index (κ3) is 4.06. The number of aryl methyl sites for hydroxylation is 1. The molecule has 2 aromatic rings. The van der Waals surface area contributed by atoms with E-state index in [-0.39, 0.29) is 36.5 Å². The van der Waals surface area contributed by atoms with Crippen LogP contribution in [0.5, 0.6) is 0 Å². The maximum absolute atomic E-state index is 12.4. The van der Waals surface area contributed by atoms with Gasteiger partial charge in [-0.05, 0) is 52.5 Å². The number of nitrogens with zero attached hydrogens (tertiary/aromatic N) is 3. The van der Waals surface area contributed by atoms with Crippen LogP contribution >= 0.6 is 12.4 Å². The van der Waals surface area contributed by atoms with Gasteiger partial charge in [0.25, 0.3) is 11.4 Å². The van der Waals surface area contributed by atoms with E-state index >= 15 is 0 Å². The Bertz CT molecular complexity index is 899. The zero-order valence-corrected chi connectivity index (χ0v) is 16.9. The Hall–Kier alpha value is -2.19. The van der Waals surface area contributed by atoms with Crippen molar-refractivity contribution >= 4 is 18.3 Å². The summed E-state index contributed by atoms with van der Waals surface area (Å²) in [7, 11) is 0. The van der Waals surface area contributed by atoms with Crippen LogP contribution in [0.2, 0.25) is 0 Å². The zero-order chi connectivity index (χ0) is 19.1. The molecule has 3 N–H and O–H groups in total. The molecule has 27 heavy (non-hydrogen) atoms. The first-order valence-corrected chi connectivity index (χ1v) is 8.85. The SMILES string of the molecule is Cc1cc(=O)n(CC(=O)NC(C)C)c(C)c1-c1nc(C2(N)CCC2)no1.Cl. The van der Waals surface area contributed by atoms with Crippen LogP contribution < -0.4 is 16.6 Å². The Morgan fingerprint density at radius 1 is 1.41 bits per heavy atom. The molecule has 2 heterocycles. The summed E-state index contributed by atoms with van der Waals surface area (Å²) in [6.07, 6.45) is 2.71. The highest BCUT2D eigenvalue weighted by molar-refractivity contribution is 5.85. The molecule has 3 rings (SSSR count). The van der Waals surface area contributed by atoms with Crippen molar-refractivity contribution in [3.8, 4) is 11.5 Å². The molecule has 0 aliphatic heterocycles. The molecule has 148 valence electrons. The molecule has 1 fully saturated rings. The standard InChI is InChI=1S/C18H25N5O3.ClH/c1-10(2)20-13(24)9-23-12(4)15(11(3)8-14(23)25)16-21-17(22-26-16)18(19)6-5-7-18;/h8,10H,5-7,9,19H2,1-4H3,(H,20,24);1H. The van der Waals surface area contributed by atoms with Gasteiger partial charge in [0.1, 0.15) is 6.54 Å². The number of aromatic nitrogens is 3. The van der Waals surface area contributed by atoms with E-state index in [9.17, 15) is 9.59 Å². The molecular formula is C18H26ClN5O3. The number of hydrogen-bond donors (Lipinski definition) is 2. The molecule has 0 atom stereocenters. The highest BCUT2D eigenvalue weighted by Gasteiger charge is 2.39. The lowest BCUT2D eigenvalue weighted by Gasteiger charge is -2.34. The second-order valence-electron chi connectivity index (χ2n) is 7.37. The number of nitrogens with two attached hydrogens (primary N) is 1. The molecule has 0 bridgehead atoms. The monoisotopic (exact) mass is 395 g/mol. The van der Waals surface area contributed by atoms with Crippen LogP contribution in [0.1, 0.15) is 50.2 Å². The van der Waals surface area contributed by atoms with E-state index in [1.165, 1.54) is 10.6 Å². The Morgan fingerprint density at radius 3 is 2.63 bits per heavy atom. The maximum atomic E-state index is 12.4. The van der Waals surface area contributed by atoms with Crippen LogP contribution in [0.4, 0.5) is 0 Å². The van der Waals surface area contributed by atoms with Crippen molar-refractivity contribution in [1.29, 1.82) is 0 Å². The van der Waals surface area contributed by atoms with Crippen molar-refractivity contribution in [1.82, 2.24) is 20.0 Å². The van der Waals surface area contributed by atoms with E-state index in [2.05, 4.69) is 15.5 Å². The van der Waals surface area contributed by atoms with Crippen molar-refractivity contribution in [2.24, 2.45) is 5.73 Å². The fourth-order valence-electron chi connectivity index (χ4n) is 3.26. The Morgan fingerprint density at radius 2 is 2.07 bits per heavy atom. The molecule has 0 unspecified atom stereocenters. The fraction of sp³-hybridized carbons (Fsp3) is 0.556. The van der Waals surface area contributed by atoms with Crippen molar-refractivity contribution < 1.29 is 9.32 Å². The van der Waals surface area contributed by atoms with Gasteiger partial charge in [0.15, 0.2) is 5.82 Å². The summed E-state index contributed by atoms with van der Waals surface area (Å²) in [5.74, 6) is 0.596. The molecule has 1 aliphatic carbocycles. The molecule has 0 saturated heterocycles. The summed E-state index contributed by atoms with van der Waals surface area (Å²) < 4.78 is 6.86. The maximum Gasteiger partial charge on any atom is 0.260 e. The summed E-state index contributed by atoms with van der Waals surface area (Å²) in [5, 5.41) is 6.84. The number of rotatable bonds is 5. The number of nitrogens with one attached hydrogen (secondary N) is 1. The van der Waals surface area contributed by atoms with Crippen LogP contribution in [-0.2, 0) is 16.9 Å². The van der Waals surface area contributed by atoms with Crippen molar-refractivity contribution in [2.75, 3.05) is 0 Å². The number of pyridine rings is 1. The molecule has 2 aromatic heterocycles. The predicted molar refractivity (Wildman–Crippen MR) is 104 cm³/mol. The minimum atomic E-state index is -0.519. The second kappa shape index (κ2) is 7.82. The number of amides is 1. The lowest BCUT2D eigenvalue weighted by molar-refractivity contribution is -0.122.